The van der Waals surface area contributed by atoms with Crippen LogP contribution in [-0.2, 0) is 19.9 Å². The molecule has 0 saturated heterocycles. The lowest BCUT2D eigenvalue weighted by Crippen LogP contribution is -2.31. The van der Waals surface area contributed by atoms with Gasteiger partial charge in [0.1, 0.15) is 10.7 Å². The first-order chi connectivity index (χ1) is 9.18. The summed E-state index contributed by atoms with van der Waals surface area (Å²) in [6.07, 6.45) is 0.855. The molecule has 0 amide bonds. The van der Waals surface area contributed by atoms with Crippen molar-refractivity contribution in [2.75, 3.05) is 25.9 Å². The Hall–Kier alpha value is -1.03. The van der Waals surface area contributed by atoms with E-state index < -0.39 is 30.6 Å². The van der Waals surface area contributed by atoms with Crippen molar-refractivity contribution in [2.45, 2.75) is 16.7 Å². The van der Waals surface area contributed by atoms with Gasteiger partial charge in [0.2, 0.25) is 10.0 Å². The lowest BCUT2D eigenvalue weighted by Gasteiger charge is -2.08. The van der Waals surface area contributed by atoms with Gasteiger partial charge in [0.05, 0.1) is 4.90 Å². The first kappa shape index (κ1) is 17.0. The van der Waals surface area contributed by atoms with Crippen LogP contribution in [0.5, 0.6) is 0 Å². The fourth-order valence-corrected chi connectivity index (χ4v) is 3.25. The molecule has 0 bridgehead atoms. The number of benzene rings is 1. The summed E-state index contributed by atoms with van der Waals surface area (Å²) in [5, 5.41) is 2.93. The lowest BCUT2D eigenvalue weighted by molar-refractivity contribution is 0.559. The molecule has 20 heavy (non-hydrogen) atoms. The molecule has 2 N–H and O–H groups in total. The van der Waals surface area contributed by atoms with Crippen LogP contribution in [-0.4, -0.2) is 42.7 Å². The van der Waals surface area contributed by atoms with Gasteiger partial charge in [0, 0.05) is 19.3 Å². The summed E-state index contributed by atoms with van der Waals surface area (Å²) in [6, 6.07) is 2.71. The summed E-state index contributed by atoms with van der Waals surface area (Å²) >= 11 is 0. The van der Waals surface area contributed by atoms with Gasteiger partial charge in [-0.15, -0.1) is 0 Å². The molecule has 0 saturated carbocycles. The minimum absolute atomic E-state index is 0.158. The Morgan fingerprint density at radius 3 is 2.30 bits per heavy atom. The quantitative estimate of drug-likeness (QED) is 0.695. The maximum Gasteiger partial charge on any atom is 0.240 e. The molecule has 0 spiro atoms. The molecule has 9 heteroatoms. The Morgan fingerprint density at radius 2 is 1.80 bits per heavy atom. The molecule has 114 valence electrons. The number of sulfonamides is 1. The molecule has 1 aromatic rings. The van der Waals surface area contributed by atoms with Crippen LogP contribution >= 0.6 is 0 Å². The molecule has 0 fully saturated rings. The predicted molar refractivity (Wildman–Crippen MR) is 73.2 cm³/mol. The summed E-state index contributed by atoms with van der Waals surface area (Å²) in [5.41, 5.74) is 0. The zero-order valence-electron chi connectivity index (χ0n) is 11.2. The normalized spacial score (nSPS) is 12.6. The highest BCUT2D eigenvalue weighted by molar-refractivity contribution is 7.90. The van der Waals surface area contributed by atoms with Crippen LogP contribution in [0.15, 0.2) is 28.0 Å². The van der Waals surface area contributed by atoms with Crippen molar-refractivity contribution in [3.63, 3.8) is 0 Å². The molecule has 0 aromatic heterocycles. The van der Waals surface area contributed by atoms with Crippen LogP contribution < -0.4 is 10.0 Å². The van der Waals surface area contributed by atoms with Gasteiger partial charge in [-0.05, 0) is 24.7 Å². The van der Waals surface area contributed by atoms with E-state index in [0.717, 1.165) is 18.4 Å². The molecule has 0 aliphatic rings. The molecule has 1 rings (SSSR count). The van der Waals surface area contributed by atoms with Crippen LogP contribution in [0.4, 0.5) is 4.39 Å². The summed E-state index contributed by atoms with van der Waals surface area (Å²) < 4.78 is 62.1. The van der Waals surface area contributed by atoms with E-state index in [0.29, 0.717) is 19.2 Å². The smallest absolute Gasteiger partial charge is 0.240 e. The third kappa shape index (κ3) is 4.51. The molecule has 1 aromatic carbocycles. The summed E-state index contributed by atoms with van der Waals surface area (Å²) in [4.78, 5) is -0.831. The second kappa shape index (κ2) is 6.61. The molecule has 0 radical (unpaired) electrons. The highest BCUT2D eigenvalue weighted by Gasteiger charge is 2.19. The average Bonchev–Trinajstić information content (AvgIpc) is 2.33. The summed E-state index contributed by atoms with van der Waals surface area (Å²) in [5.74, 6) is -1.08. The lowest BCUT2D eigenvalue weighted by atomic mass is 10.3. The van der Waals surface area contributed by atoms with Crippen molar-refractivity contribution in [3.8, 4) is 0 Å². The molecular formula is C11H17FN2O4S2. The summed E-state index contributed by atoms with van der Waals surface area (Å²) in [7, 11) is -7.57. The molecule has 0 heterocycles. The number of halogens is 1. The molecular weight excluding hydrogens is 307 g/mol. The monoisotopic (exact) mass is 324 g/mol. The Bertz CT molecular complexity index is 672. The van der Waals surface area contributed by atoms with E-state index >= 15 is 0 Å². The number of hydrogen-bond acceptors (Lipinski definition) is 5. The Labute approximate surface area is 118 Å². The van der Waals surface area contributed by atoms with E-state index in [1.165, 1.54) is 0 Å². The second-order valence-electron chi connectivity index (χ2n) is 4.12. The first-order valence-corrected chi connectivity index (χ1v) is 9.26. The molecule has 6 nitrogen and oxygen atoms in total. The van der Waals surface area contributed by atoms with Gasteiger partial charge in [-0.25, -0.2) is 25.9 Å². The number of rotatable bonds is 7. The molecule has 0 aliphatic carbocycles. The first-order valence-electron chi connectivity index (χ1n) is 5.88. The van der Waals surface area contributed by atoms with Gasteiger partial charge in [-0.3, -0.25) is 0 Å². The highest BCUT2D eigenvalue weighted by atomic mass is 32.2. The number of hydrogen-bond donors (Lipinski definition) is 2. The van der Waals surface area contributed by atoms with Crippen molar-refractivity contribution in [1.82, 2.24) is 10.0 Å². The largest absolute Gasteiger partial charge is 0.316 e. The fraction of sp³-hybridized carbons (Fsp3) is 0.455. The maximum absolute atomic E-state index is 13.6. The van der Waals surface area contributed by atoms with E-state index in [1.54, 1.807) is 0 Å². The number of sulfone groups is 1. The van der Waals surface area contributed by atoms with Crippen LogP contribution in [0.2, 0.25) is 0 Å². The van der Waals surface area contributed by atoms with Crippen molar-refractivity contribution in [1.29, 1.82) is 0 Å². The van der Waals surface area contributed by atoms with Gasteiger partial charge >= 0.3 is 0 Å². The van der Waals surface area contributed by atoms with Gasteiger partial charge in [0.25, 0.3) is 0 Å². The molecule has 0 aliphatic heterocycles. The zero-order chi connectivity index (χ0) is 15.4. The van der Waals surface area contributed by atoms with E-state index in [9.17, 15) is 21.2 Å². The van der Waals surface area contributed by atoms with Crippen molar-refractivity contribution < 1.29 is 21.2 Å². The van der Waals surface area contributed by atoms with E-state index in [4.69, 9.17) is 0 Å². The Morgan fingerprint density at radius 1 is 1.15 bits per heavy atom. The summed E-state index contributed by atoms with van der Waals surface area (Å²) in [6.45, 7) is 3.19. The van der Waals surface area contributed by atoms with Gasteiger partial charge in [-0.2, -0.15) is 0 Å². The van der Waals surface area contributed by atoms with E-state index in [-0.39, 0.29) is 11.4 Å². The topological polar surface area (TPSA) is 92.3 Å². The van der Waals surface area contributed by atoms with Crippen molar-refractivity contribution in [2.24, 2.45) is 0 Å². The van der Waals surface area contributed by atoms with Gasteiger partial charge in [0.15, 0.2) is 9.84 Å². The van der Waals surface area contributed by atoms with E-state index in [2.05, 4.69) is 10.0 Å². The van der Waals surface area contributed by atoms with E-state index in [1.807, 2.05) is 6.92 Å². The number of likely N-dealkylation sites (N-methyl/N-ethyl adjacent to an activating group) is 1. The fourth-order valence-electron chi connectivity index (χ4n) is 1.48. The second-order valence-corrected chi connectivity index (χ2v) is 7.87. The van der Waals surface area contributed by atoms with Gasteiger partial charge in [-0.1, -0.05) is 6.92 Å². The third-order valence-electron chi connectivity index (χ3n) is 2.46. The Balaban J connectivity index is 2.95. The van der Waals surface area contributed by atoms with Crippen molar-refractivity contribution >= 4 is 19.9 Å². The van der Waals surface area contributed by atoms with Crippen LogP contribution in [0, 0.1) is 5.82 Å². The van der Waals surface area contributed by atoms with Crippen LogP contribution in [0.1, 0.15) is 6.92 Å². The molecule has 0 atom stereocenters. The van der Waals surface area contributed by atoms with Gasteiger partial charge < -0.3 is 5.32 Å². The predicted octanol–water partition coefficient (Wildman–Crippen LogP) is 0.117. The maximum atomic E-state index is 13.6. The third-order valence-corrected chi connectivity index (χ3v) is 5.05. The molecule has 0 unspecified atom stereocenters. The van der Waals surface area contributed by atoms with Crippen LogP contribution in [0.3, 0.4) is 0 Å². The number of nitrogens with one attached hydrogen (secondary N) is 2. The zero-order valence-corrected chi connectivity index (χ0v) is 12.8. The van der Waals surface area contributed by atoms with Crippen molar-refractivity contribution in [3.05, 3.63) is 24.0 Å². The minimum atomic E-state index is -3.85. The minimum Gasteiger partial charge on any atom is -0.316 e. The SMILES string of the molecule is CCNCCNS(=O)(=O)c1ccc(S(C)(=O)=O)c(F)c1. The highest BCUT2D eigenvalue weighted by Crippen LogP contribution is 2.18. The average molecular weight is 324 g/mol. The Kier molecular flexibility index (Phi) is 5.63. The standard InChI is InChI=1S/C11H17FN2O4S2/c1-3-13-6-7-14-20(17,18)9-4-5-11(10(12)8-9)19(2,15)16/h4-5,8,13-14H,3,6-7H2,1-2H3. The van der Waals surface area contributed by atoms with Crippen LogP contribution in [0.25, 0.3) is 0 Å².